The second kappa shape index (κ2) is 8.25. The lowest BCUT2D eigenvalue weighted by Crippen LogP contribution is -2.32. The van der Waals surface area contributed by atoms with Crippen LogP contribution in [0, 0.1) is 6.92 Å². The van der Waals surface area contributed by atoms with Crippen LogP contribution in [-0.4, -0.2) is 28.1 Å². The third kappa shape index (κ3) is 3.35. The van der Waals surface area contributed by atoms with Gasteiger partial charge in [-0.3, -0.25) is 0 Å². The van der Waals surface area contributed by atoms with E-state index in [0.29, 0.717) is 0 Å². The van der Waals surface area contributed by atoms with Gasteiger partial charge in [0.05, 0.1) is 12.8 Å². The number of rotatable bonds is 4. The monoisotopic (exact) mass is 468 g/mol. The molecule has 34 heavy (non-hydrogen) atoms. The standard InChI is InChI=1S/C27H24N4O2S/c1-16-7-6-8-18(15-16)25-22-23(20-9-4-5-10-21(20)33-25)28-26-29-27(34-3)30-31(26)24(22)17-11-13-19(32-2)14-12-17/h4-15,24-25H,1-3H3,(H,28,29,30)/t24-,25-/m0/s1. The Labute approximate surface area is 202 Å². The molecule has 0 aliphatic carbocycles. The van der Waals surface area contributed by atoms with Crippen molar-refractivity contribution in [3.8, 4) is 11.5 Å². The molecule has 4 aromatic rings. The molecule has 0 saturated carbocycles. The first-order chi connectivity index (χ1) is 16.7. The SMILES string of the molecule is COc1ccc([C@H]2C3=C(Nc4nc(SC)nn42)c2ccccc2O[C@H]3c2cccc(C)c2)cc1. The molecule has 7 heteroatoms. The Morgan fingerprint density at radius 2 is 1.82 bits per heavy atom. The highest BCUT2D eigenvalue weighted by Gasteiger charge is 2.41. The van der Waals surface area contributed by atoms with Crippen LogP contribution in [0.2, 0.25) is 0 Å². The van der Waals surface area contributed by atoms with Gasteiger partial charge in [0, 0.05) is 11.1 Å². The van der Waals surface area contributed by atoms with Crippen molar-refractivity contribution in [3.05, 3.63) is 101 Å². The van der Waals surface area contributed by atoms with E-state index < -0.39 is 0 Å². The van der Waals surface area contributed by atoms with Crippen LogP contribution in [-0.2, 0) is 0 Å². The smallest absolute Gasteiger partial charge is 0.227 e. The Morgan fingerprint density at radius 3 is 2.59 bits per heavy atom. The average Bonchev–Trinajstić information content (AvgIpc) is 3.30. The fourth-order valence-corrected chi connectivity index (χ4v) is 5.11. The van der Waals surface area contributed by atoms with Gasteiger partial charge in [-0.05, 0) is 48.6 Å². The van der Waals surface area contributed by atoms with E-state index in [0.717, 1.165) is 50.6 Å². The zero-order valence-corrected chi connectivity index (χ0v) is 20.0. The number of hydrogen-bond acceptors (Lipinski definition) is 6. The maximum Gasteiger partial charge on any atom is 0.227 e. The molecular formula is C27H24N4O2S. The predicted molar refractivity (Wildman–Crippen MR) is 134 cm³/mol. The number of nitrogens with zero attached hydrogens (tertiary/aromatic N) is 3. The summed E-state index contributed by atoms with van der Waals surface area (Å²) in [7, 11) is 1.68. The highest BCUT2D eigenvalue weighted by Crippen LogP contribution is 2.51. The average molecular weight is 469 g/mol. The molecule has 3 aromatic carbocycles. The number of hydrogen-bond donors (Lipinski definition) is 1. The second-order valence-electron chi connectivity index (χ2n) is 8.41. The van der Waals surface area contributed by atoms with Crippen molar-refractivity contribution in [1.29, 1.82) is 0 Å². The third-order valence-electron chi connectivity index (χ3n) is 6.32. The van der Waals surface area contributed by atoms with E-state index in [1.54, 1.807) is 7.11 Å². The molecule has 0 spiro atoms. The van der Waals surface area contributed by atoms with Crippen LogP contribution < -0.4 is 14.8 Å². The van der Waals surface area contributed by atoms with Crippen LogP contribution in [0.25, 0.3) is 5.70 Å². The van der Waals surface area contributed by atoms with Gasteiger partial charge in [-0.25, -0.2) is 4.68 Å². The zero-order valence-electron chi connectivity index (χ0n) is 19.1. The van der Waals surface area contributed by atoms with E-state index in [1.165, 1.54) is 17.3 Å². The number of fused-ring (bicyclic) bond motifs is 3. The molecule has 0 amide bonds. The molecule has 3 heterocycles. The quantitative estimate of drug-likeness (QED) is 0.378. The summed E-state index contributed by atoms with van der Waals surface area (Å²) in [5.74, 6) is 2.39. The largest absolute Gasteiger partial charge is 0.497 e. The predicted octanol–water partition coefficient (Wildman–Crippen LogP) is 5.88. The van der Waals surface area contributed by atoms with E-state index in [9.17, 15) is 0 Å². The molecular weight excluding hydrogens is 444 g/mol. The minimum Gasteiger partial charge on any atom is -0.497 e. The van der Waals surface area contributed by atoms with E-state index >= 15 is 0 Å². The second-order valence-corrected chi connectivity index (χ2v) is 9.18. The highest BCUT2D eigenvalue weighted by molar-refractivity contribution is 7.98. The summed E-state index contributed by atoms with van der Waals surface area (Å²) in [6.45, 7) is 2.11. The Kier molecular flexibility index (Phi) is 5.07. The molecule has 170 valence electrons. The lowest BCUT2D eigenvalue weighted by Gasteiger charge is -2.39. The first-order valence-corrected chi connectivity index (χ1v) is 12.4. The fraction of sp³-hybridized carbons (Fsp3) is 0.185. The van der Waals surface area contributed by atoms with Crippen molar-refractivity contribution < 1.29 is 9.47 Å². The number of methoxy groups -OCH3 is 1. The maximum atomic E-state index is 6.70. The van der Waals surface area contributed by atoms with Gasteiger partial charge in [0.25, 0.3) is 0 Å². The summed E-state index contributed by atoms with van der Waals surface area (Å²) < 4.78 is 14.1. The number of thioether (sulfide) groups is 1. The normalized spacial score (nSPS) is 18.3. The van der Waals surface area contributed by atoms with E-state index in [-0.39, 0.29) is 12.1 Å². The van der Waals surface area contributed by atoms with E-state index in [4.69, 9.17) is 19.6 Å². The van der Waals surface area contributed by atoms with Gasteiger partial charge in [-0.2, -0.15) is 4.98 Å². The van der Waals surface area contributed by atoms with Gasteiger partial charge in [-0.1, -0.05) is 65.9 Å². The Morgan fingerprint density at radius 1 is 1.00 bits per heavy atom. The minimum absolute atomic E-state index is 0.190. The number of anilines is 1. The highest BCUT2D eigenvalue weighted by atomic mass is 32.2. The van der Waals surface area contributed by atoms with Crippen molar-refractivity contribution in [2.24, 2.45) is 0 Å². The molecule has 1 N–H and O–H groups in total. The molecule has 0 fully saturated rings. The maximum absolute atomic E-state index is 6.70. The third-order valence-corrected chi connectivity index (χ3v) is 6.86. The first kappa shape index (κ1) is 20.9. The van der Waals surface area contributed by atoms with Gasteiger partial charge in [0.15, 0.2) is 0 Å². The molecule has 1 aromatic heterocycles. The van der Waals surface area contributed by atoms with Gasteiger partial charge in [0.2, 0.25) is 11.1 Å². The molecule has 2 atom stereocenters. The van der Waals surface area contributed by atoms with Crippen LogP contribution in [0.3, 0.4) is 0 Å². The van der Waals surface area contributed by atoms with E-state index in [1.807, 2.05) is 41.3 Å². The lowest BCUT2D eigenvalue weighted by molar-refractivity contribution is 0.223. The molecule has 0 radical (unpaired) electrons. The Hall–Kier alpha value is -3.71. The summed E-state index contributed by atoms with van der Waals surface area (Å²) in [6.07, 6.45) is 1.71. The summed E-state index contributed by atoms with van der Waals surface area (Å²) in [4.78, 5) is 4.76. The van der Waals surface area contributed by atoms with Crippen LogP contribution in [0.4, 0.5) is 5.95 Å². The van der Waals surface area contributed by atoms with Crippen LogP contribution in [0.5, 0.6) is 11.5 Å². The number of aromatic nitrogens is 3. The van der Waals surface area contributed by atoms with Gasteiger partial charge in [0.1, 0.15) is 23.6 Å². The number of ether oxygens (including phenoxy) is 2. The molecule has 0 saturated heterocycles. The molecule has 0 bridgehead atoms. The van der Waals surface area contributed by atoms with Crippen molar-refractivity contribution >= 4 is 23.4 Å². The summed E-state index contributed by atoms with van der Waals surface area (Å²) in [6, 6.07) is 24.7. The van der Waals surface area contributed by atoms with Crippen LogP contribution >= 0.6 is 11.8 Å². The molecule has 0 unspecified atom stereocenters. The van der Waals surface area contributed by atoms with Crippen molar-refractivity contribution in [2.45, 2.75) is 24.2 Å². The Balaban J connectivity index is 1.62. The number of benzene rings is 3. The lowest BCUT2D eigenvalue weighted by atomic mass is 9.84. The fourth-order valence-electron chi connectivity index (χ4n) is 4.76. The van der Waals surface area contributed by atoms with Gasteiger partial charge in [-0.15, -0.1) is 5.10 Å². The van der Waals surface area contributed by atoms with Crippen LogP contribution in [0.1, 0.15) is 34.4 Å². The number of aryl methyl sites for hydroxylation is 1. The molecule has 2 aliphatic heterocycles. The minimum atomic E-state index is -0.278. The van der Waals surface area contributed by atoms with Crippen molar-refractivity contribution in [3.63, 3.8) is 0 Å². The van der Waals surface area contributed by atoms with Crippen LogP contribution in [0.15, 0.2) is 83.5 Å². The first-order valence-electron chi connectivity index (χ1n) is 11.1. The summed E-state index contributed by atoms with van der Waals surface area (Å²) in [5, 5.41) is 9.17. The zero-order chi connectivity index (χ0) is 23.2. The summed E-state index contributed by atoms with van der Waals surface area (Å²) in [5.41, 5.74) is 6.56. The van der Waals surface area contributed by atoms with Crippen molar-refractivity contribution in [2.75, 3.05) is 18.7 Å². The van der Waals surface area contributed by atoms with E-state index in [2.05, 4.69) is 54.7 Å². The molecule has 2 aliphatic rings. The topological polar surface area (TPSA) is 61.2 Å². The van der Waals surface area contributed by atoms with Crippen molar-refractivity contribution in [1.82, 2.24) is 14.8 Å². The molecule has 6 nitrogen and oxygen atoms in total. The Bertz CT molecular complexity index is 1410. The number of para-hydroxylation sites is 1. The molecule has 6 rings (SSSR count). The number of nitrogens with one attached hydrogen (secondary N) is 1. The van der Waals surface area contributed by atoms with Gasteiger partial charge >= 0.3 is 0 Å². The summed E-state index contributed by atoms with van der Waals surface area (Å²) >= 11 is 1.53. The van der Waals surface area contributed by atoms with Gasteiger partial charge < -0.3 is 14.8 Å².